The van der Waals surface area contributed by atoms with Gasteiger partial charge in [0.1, 0.15) is 6.61 Å². The van der Waals surface area contributed by atoms with E-state index in [0.29, 0.717) is 12.1 Å². The lowest BCUT2D eigenvalue weighted by Crippen LogP contribution is -2.48. The van der Waals surface area contributed by atoms with Crippen LogP contribution in [0.3, 0.4) is 0 Å². The number of nitro groups is 1. The van der Waals surface area contributed by atoms with Crippen molar-refractivity contribution in [2.75, 3.05) is 26.2 Å². The maximum atomic E-state index is 13.1. The van der Waals surface area contributed by atoms with Gasteiger partial charge in [0.2, 0.25) is 10.0 Å². The number of ether oxygens (including phenoxy) is 1. The van der Waals surface area contributed by atoms with Gasteiger partial charge < -0.3 is 14.5 Å². The van der Waals surface area contributed by atoms with Crippen molar-refractivity contribution in [1.82, 2.24) is 14.5 Å². The van der Waals surface area contributed by atoms with E-state index >= 15 is 0 Å². The molecule has 1 heterocycles. The molecule has 0 unspecified atom stereocenters. The van der Waals surface area contributed by atoms with E-state index in [0.717, 1.165) is 45.3 Å². The Morgan fingerprint density at radius 3 is 2.27 bits per heavy atom. The lowest BCUT2D eigenvalue weighted by molar-refractivity contribution is -0.384. The molecule has 0 spiro atoms. The Morgan fingerprint density at radius 1 is 1.00 bits per heavy atom. The van der Waals surface area contributed by atoms with Gasteiger partial charge in [-0.2, -0.15) is 0 Å². The van der Waals surface area contributed by atoms with Gasteiger partial charge in [0.15, 0.2) is 0 Å². The topological polar surface area (TPSA) is 122 Å². The highest BCUT2D eigenvalue weighted by atomic mass is 32.2. The van der Waals surface area contributed by atoms with Crippen LogP contribution in [0.15, 0.2) is 102 Å². The molecule has 0 aromatic heterocycles. The third-order valence-corrected chi connectivity index (χ3v) is 10.4. The molecular weight excluding hydrogens is 592 g/mol. The Morgan fingerprint density at radius 2 is 1.64 bits per heavy atom. The van der Waals surface area contributed by atoms with E-state index in [9.17, 15) is 23.3 Å². The van der Waals surface area contributed by atoms with Gasteiger partial charge in [-0.15, -0.1) is 6.58 Å². The van der Waals surface area contributed by atoms with Crippen LogP contribution in [0.5, 0.6) is 0 Å². The molecule has 10 nitrogen and oxygen atoms in total. The third kappa shape index (κ3) is 8.36. The standard InChI is InChI=1S/C34H40N4O6S/c1-2-19-37(34(39)44-25-26-13-15-31(16-14-26)38(40)41)30-17-20-36(21-18-30)24-28-22-29(23-33(28)27-9-5-3-6-10-27)35-45(42,43)32-11-7-4-8-12-32/h2-16,28-30,33,35H,1,17-25H2/t28-,29+,33-/m1/s1. The smallest absolute Gasteiger partial charge is 0.410 e. The lowest BCUT2D eigenvalue weighted by atomic mass is 9.88. The molecule has 3 aromatic rings. The summed E-state index contributed by atoms with van der Waals surface area (Å²) in [4.78, 5) is 27.9. The average molecular weight is 633 g/mol. The first-order valence-electron chi connectivity index (χ1n) is 15.4. The molecule has 3 atom stereocenters. The molecule has 238 valence electrons. The molecule has 2 fully saturated rings. The number of non-ortho nitro benzene ring substituents is 1. The fraction of sp³-hybridized carbons (Fsp3) is 0.382. The van der Waals surface area contributed by atoms with Crippen molar-refractivity contribution in [3.05, 3.63) is 119 Å². The minimum atomic E-state index is -3.61. The van der Waals surface area contributed by atoms with Crippen LogP contribution in [-0.4, -0.2) is 67.5 Å². The second kappa shape index (κ2) is 14.8. The van der Waals surface area contributed by atoms with Crippen molar-refractivity contribution in [3.8, 4) is 0 Å². The van der Waals surface area contributed by atoms with Crippen LogP contribution in [0.2, 0.25) is 0 Å². The molecule has 0 bridgehead atoms. The summed E-state index contributed by atoms with van der Waals surface area (Å²) >= 11 is 0. The monoisotopic (exact) mass is 632 g/mol. The average Bonchev–Trinajstić information content (AvgIpc) is 3.45. The number of likely N-dealkylation sites (tertiary alicyclic amines) is 1. The van der Waals surface area contributed by atoms with Crippen LogP contribution in [-0.2, 0) is 21.4 Å². The summed E-state index contributed by atoms with van der Waals surface area (Å²) in [5, 5.41) is 10.9. The number of amides is 1. The van der Waals surface area contributed by atoms with E-state index < -0.39 is 21.0 Å². The largest absolute Gasteiger partial charge is 0.445 e. The zero-order valence-electron chi connectivity index (χ0n) is 25.2. The van der Waals surface area contributed by atoms with Crippen LogP contribution in [0.1, 0.15) is 42.7 Å². The normalized spacial score (nSPS) is 20.8. The van der Waals surface area contributed by atoms with Gasteiger partial charge in [-0.05, 0) is 72.9 Å². The van der Waals surface area contributed by atoms with Crippen LogP contribution < -0.4 is 4.72 Å². The molecule has 3 aromatic carbocycles. The summed E-state index contributed by atoms with van der Waals surface area (Å²) in [5.41, 5.74) is 1.89. The van der Waals surface area contributed by atoms with E-state index in [4.69, 9.17) is 4.74 Å². The van der Waals surface area contributed by atoms with Gasteiger partial charge in [0.05, 0.1) is 9.82 Å². The number of hydrogen-bond acceptors (Lipinski definition) is 7. The van der Waals surface area contributed by atoms with Crippen molar-refractivity contribution in [2.45, 2.75) is 55.2 Å². The molecule has 1 saturated heterocycles. The molecule has 2 aliphatic rings. The van der Waals surface area contributed by atoms with Gasteiger partial charge in [0, 0.05) is 50.4 Å². The number of nitro benzene ring substituents is 1. The minimum absolute atomic E-state index is 0.00235. The van der Waals surface area contributed by atoms with Crippen LogP contribution in [0.25, 0.3) is 0 Å². The Hall–Kier alpha value is -4.06. The predicted molar refractivity (Wildman–Crippen MR) is 172 cm³/mol. The quantitative estimate of drug-likeness (QED) is 0.154. The molecule has 1 amide bonds. The van der Waals surface area contributed by atoms with Gasteiger partial charge >= 0.3 is 6.09 Å². The maximum Gasteiger partial charge on any atom is 0.410 e. The van der Waals surface area contributed by atoms with Gasteiger partial charge in [0.25, 0.3) is 5.69 Å². The highest BCUT2D eigenvalue weighted by Gasteiger charge is 2.39. The van der Waals surface area contributed by atoms with Gasteiger partial charge in [-0.3, -0.25) is 10.1 Å². The molecule has 1 aliphatic carbocycles. The second-order valence-electron chi connectivity index (χ2n) is 11.8. The fourth-order valence-electron chi connectivity index (χ4n) is 6.62. The number of sulfonamides is 1. The molecule has 1 aliphatic heterocycles. The summed E-state index contributed by atoms with van der Waals surface area (Å²) < 4.78 is 34.8. The summed E-state index contributed by atoms with van der Waals surface area (Å²) in [5.74, 6) is 0.516. The van der Waals surface area contributed by atoms with Crippen LogP contribution in [0, 0.1) is 16.0 Å². The number of hydrogen-bond donors (Lipinski definition) is 1. The first-order valence-corrected chi connectivity index (χ1v) is 16.8. The number of benzene rings is 3. The maximum absolute atomic E-state index is 13.1. The number of carbonyl (C=O) groups is 1. The Kier molecular flexibility index (Phi) is 10.6. The molecule has 1 saturated carbocycles. The van der Waals surface area contributed by atoms with Crippen molar-refractivity contribution in [3.63, 3.8) is 0 Å². The van der Waals surface area contributed by atoms with Crippen molar-refractivity contribution in [2.24, 2.45) is 5.92 Å². The molecule has 0 radical (unpaired) electrons. The number of carbonyl (C=O) groups excluding carboxylic acids is 1. The molecule has 45 heavy (non-hydrogen) atoms. The molecule has 5 rings (SSSR count). The highest BCUT2D eigenvalue weighted by Crippen LogP contribution is 2.41. The summed E-state index contributed by atoms with van der Waals surface area (Å²) in [6, 6.07) is 24.7. The second-order valence-corrected chi connectivity index (χ2v) is 13.5. The minimum Gasteiger partial charge on any atom is -0.445 e. The SMILES string of the molecule is C=CCN(C(=O)OCc1ccc([N+](=O)[O-])cc1)C1CCN(C[C@H]2C[C@H](NS(=O)(=O)c3ccccc3)C[C@@H]2c2ccccc2)CC1. The van der Waals surface area contributed by atoms with E-state index in [1.807, 2.05) is 18.2 Å². The lowest BCUT2D eigenvalue weighted by Gasteiger charge is -2.39. The number of rotatable bonds is 12. The van der Waals surface area contributed by atoms with Crippen molar-refractivity contribution in [1.29, 1.82) is 0 Å². The van der Waals surface area contributed by atoms with Gasteiger partial charge in [-0.1, -0.05) is 54.6 Å². The predicted octanol–water partition coefficient (Wildman–Crippen LogP) is 5.72. The zero-order chi connectivity index (χ0) is 31.8. The van der Waals surface area contributed by atoms with E-state index in [1.54, 1.807) is 53.4 Å². The Labute approximate surface area is 264 Å². The molecule has 11 heteroatoms. The number of nitrogens with zero attached hydrogens (tertiary/aromatic N) is 3. The van der Waals surface area contributed by atoms with Crippen molar-refractivity contribution >= 4 is 21.8 Å². The zero-order valence-corrected chi connectivity index (χ0v) is 26.1. The van der Waals surface area contributed by atoms with E-state index in [1.165, 1.54) is 17.7 Å². The first kappa shape index (κ1) is 32.3. The number of piperidine rings is 1. The van der Waals surface area contributed by atoms with Crippen LogP contribution in [0.4, 0.5) is 10.5 Å². The summed E-state index contributed by atoms with van der Waals surface area (Å²) in [6.45, 7) is 6.69. The Bertz CT molecular complexity index is 1540. The van der Waals surface area contributed by atoms with Crippen LogP contribution >= 0.6 is 0 Å². The summed E-state index contributed by atoms with van der Waals surface area (Å²) in [7, 11) is -3.61. The third-order valence-electron chi connectivity index (χ3n) is 8.86. The molecule has 1 N–H and O–H groups in total. The van der Waals surface area contributed by atoms with E-state index in [2.05, 4.69) is 28.3 Å². The van der Waals surface area contributed by atoms with Crippen molar-refractivity contribution < 1.29 is 22.9 Å². The molecular formula is C34H40N4O6S. The Balaban J connectivity index is 1.18. The first-order chi connectivity index (χ1) is 21.7. The van der Waals surface area contributed by atoms with Gasteiger partial charge in [-0.25, -0.2) is 17.9 Å². The van der Waals surface area contributed by atoms with E-state index in [-0.39, 0.29) is 41.1 Å². The summed E-state index contributed by atoms with van der Waals surface area (Å²) in [6.07, 6.45) is 4.33. The highest BCUT2D eigenvalue weighted by molar-refractivity contribution is 7.89. The fourth-order valence-corrected chi connectivity index (χ4v) is 7.90. The number of nitrogens with one attached hydrogen (secondary N) is 1.